The zero-order chi connectivity index (χ0) is 25.8. The van der Waals surface area contributed by atoms with Gasteiger partial charge in [-0.15, -0.1) is 0 Å². The summed E-state index contributed by atoms with van der Waals surface area (Å²) < 4.78 is 12.7. The fourth-order valence-corrected chi connectivity index (χ4v) is 12.0. The summed E-state index contributed by atoms with van der Waals surface area (Å²) in [6.07, 6.45) is 2.99. The second kappa shape index (κ2) is 13.7. The molecule has 0 radical (unpaired) electrons. The van der Waals surface area contributed by atoms with Gasteiger partial charge >= 0.3 is 207 Å². The Morgan fingerprint density at radius 1 is 0.771 bits per heavy atom. The molecular formula is C22H28N4O8Sn. The third-order valence-electron chi connectivity index (χ3n) is 5.17. The van der Waals surface area contributed by atoms with Crippen molar-refractivity contribution >= 4 is 42.4 Å². The molecule has 2 rings (SSSR count). The van der Waals surface area contributed by atoms with Crippen LogP contribution in [0.25, 0.3) is 0 Å². The van der Waals surface area contributed by atoms with E-state index in [0.29, 0.717) is 21.7 Å². The molecule has 2 aromatic rings. The summed E-state index contributed by atoms with van der Waals surface area (Å²) in [5, 5.41) is 22.6. The number of benzene rings is 2. The SMILES string of the molecule is CCC[CH2][Sn]([CH2]CCC)([O]NC(=O)c1ccccc1[N+](=O)[O-])[O]NC(=O)c1ccccc1[N+](=O)[O-]. The Hall–Kier alpha value is -3.10. The Balaban J connectivity index is 2.25. The molecule has 0 saturated carbocycles. The first-order valence-electron chi connectivity index (χ1n) is 11.2. The van der Waals surface area contributed by atoms with Gasteiger partial charge in [-0.05, 0) is 0 Å². The molecule has 0 aliphatic heterocycles. The van der Waals surface area contributed by atoms with Gasteiger partial charge in [-0.25, -0.2) is 0 Å². The van der Waals surface area contributed by atoms with Gasteiger partial charge in [0, 0.05) is 0 Å². The van der Waals surface area contributed by atoms with Gasteiger partial charge in [0.1, 0.15) is 0 Å². The normalized spacial score (nSPS) is 11.0. The topological polar surface area (TPSA) is 163 Å². The van der Waals surface area contributed by atoms with E-state index >= 15 is 0 Å². The average molecular weight is 595 g/mol. The van der Waals surface area contributed by atoms with Crippen molar-refractivity contribution < 1.29 is 25.8 Å². The maximum absolute atomic E-state index is 12.7. The summed E-state index contributed by atoms with van der Waals surface area (Å²) in [5.41, 5.74) is 3.53. The fraction of sp³-hybridized carbons (Fsp3) is 0.364. The van der Waals surface area contributed by atoms with Crippen molar-refractivity contribution in [3.05, 3.63) is 79.9 Å². The van der Waals surface area contributed by atoms with E-state index in [0.717, 1.165) is 12.8 Å². The molecular weight excluding hydrogens is 567 g/mol. The molecule has 0 aliphatic carbocycles. The molecule has 0 fully saturated rings. The number of nitro groups is 2. The molecule has 2 aromatic carbocycles. The van der Waals surface area contributed by atoms with Crippen molar-refractivity contribution in [1.29, 1.82) is 0 Å². The number of hydroxylamine groups is 2. The number of hydrogen-bond acceptors (Lipinski definition) is 8. The number of carbonyl (C=O) groups is 2. The number of para-hydroxylation sites is 2. The van der Waals surface area contributed by atoms with E-state index in [-0.39, 0.29) is 22.5 Å². The minimum absolute atomic E-state index is 0.174. The minimum atomic E-state index is -4.25. The monoisotopic (exact) mass is 596 g/mol. The van der Waals surface area contributed by atoms with Gasteiger partial charge in [-0.1, -0.05) is 0 Å². The number of amides is 2. The Morgan fingerprint density at radius 2 is 1.14 bits per heavy atom. The van der Waals surface area contributed by atoms with Crippen LogP contribution in [0.2, 0.25) is 8.87 Å². The molecule has 0 aromatic heterocycles. The molecule has 12 nitrogen and oxygen atoms in total. The second-order valence-corrected chi connectivity index (χ2v) is 17.0. The second-order valence-electron chi connectivity index (χ2n) is 7.73. The van der Waals surface area contributed by atoms with Crippen molar-refractivity contribution in [2.45, 2.75) is 48.4 Å². The van der Waals surface area contributed by atoms with E-state index in [2.05, 4.69) is 11.0 Å². The van der Waals surface area contributed by atoms with Crippen LogP contribution in [0.4, 0.5) is 11.4 Å². The van der Waals surface area contributed by atoms with Crippen LogP contribution < -0.4 is 11.0 Å². The van der Waals surface area contributed by atoms with E-state index in [1.165, 1.54) is 48.5 Å². The first-order valence-corrected chi connectivity index (χ1v) is 17.5. The molecule has 0 aliphatic rings. The van der Waals surface area contributed by atoms with Crippen molar-refractivity contribution in [2.24, 2.45) is 0 Å². The Labute approximate surface area is 207 Å². The summed E-state index contributed by atoms with van der Waals surface area (Å²) in [7, 11) is 0. The summed E-state index contributed by atoms with van der Waals surface area (Å²) >= 11 is -4.25. The summed E-state index contributed by atoms with van der Waals surface area (Å²) in [6, 6.07) is 10.9. The zero-order valence-corrected chi connectivity index (χ0v) is 22.4. The molecule has 0 heterocycles. The standard InChI is InChI=1S/2C7H5N2O4.2C4H9.Sn/c2*10-7(8-11)5-3-1-2-4-6(5)9(12)13;2*1-3-4-2;/h2*1-4H,(H-,8,10,11);2*1,3-4H2,2H3;/q2*-1;;;+2. The van der Waals surface area contributed by atoms with E-state index < -0.39 is 40.9 Å². The van der Waals surface area contributed by atoms with Gasteiger partial charge in [0.05, 0.1) is 0 Å². The van der Waals surface area contributed by atoms with Gasteiger partial charge in [-0.3, -0.25) is 0 Å². The molecule has 0 unspecified atom stereocenters. The van der Waals surface area contributed by atoms with E-state index in [1.807, 2.05) is 13.8 Å². The van der Waals surface area contributed by atoms with E-state index in [4.69, 9.17) is 6.35 Å². The number of unbranched alkanes of at least 4 members (excludes halogenated alkanes) is 2. The van der Waals surface area contributed by atoms with Crippen LogP contribution in [0.3, 0.4) is 0 Å². The third kappa shape index (κ3) is 7.97. The first-order chi connectivity index (χ1) is 16.7. The summed E-state index contributed by atoms with van der Waals surface area (Å²) in [6.45, 7) is 3.93. The van der Waals surface area contributed by atoms with Crippen molar-refractivity contribution in [2.75, 3.05) is 0 Å². The van der Waals surface area contributed by atoms with Crippen LogP contribution >= 0.6 is 0 Å². The predicted octanol–water partition coefficient (Wildman–Crippen LogP) is 4.57. The van der Waals surface area contributed by atoms with Crippen molar-refractivity contribution in [3.8, 4) is 0 Å². The van der Waals surface area contributed by atoms with Crippen molar-refractivity contribution in [3.63, 3.8) is 0 Å². The van der Waals surface area contributed by atoms with Crippen LogP contribution in [0.5, 0.6) is 0 Å². The molecule has 0 spiro atoms. The number of rotatable bonds is 14. The van der Waals surface area contributed by atoms with Crippen LogP contribution in [-0.2, 0) is 6.35 Å². The number of carbonyl (C=O) groups excluding carboxylic acids is 2. The first kappa shape index (κ1) is 28.1. The molecule has 0 bridgehead atoms. The number of nitrogens with zero attached hydrogens (tertiary/aromatic N) is 2. The third-order valence-corrected chi connectivity index (χ3v) is 14.2. The summed E-state index contributed by atoms with van der Waals surface area (Å²) in [4.78, 5) is 46.7. The fourth-order valence-electron chi connectivity index (χ4n) is 3.28. The molecule has 35 heavy (non-hydrogen) atoms. The molecule has 2 amide bonds. The van der Waals surface area contributed by atoms with Crippen LogP contribution in [0.1, 0.15) is 60.2 Å². The Bertz CT molecular complexity index is 982. The molecule has 13 heteroatoms. The Kier molecular flexibility index (Phi) is 11.0. The van der Waals surface area contributed by atoms with Crippen LogP contribution in [0.15, 0.2) is 48.5 Å². The Morgan fingerprint density at radius 3 is 1.49 bits per heavy atom. The molecule has 0 atom stereocenters. The van der Waals surface area contributed by atoms with Crippen LogP contribution in [0, 0.1) is 20.2 Å². The molecule has 2 N–H and O–H groups in total. The predicted molar refractivity (Wildman–Crippen MR) is 128 cm³/mol. The van der Waals surface area contributed by atoms with Gasteiger partial charge in [-0.2, -0.15) is 0 Å². The van der Waals surface area contributed by atoms with E-state index in [1.54, 1.807) is 0 Å². The molecule has 188 valence electrons. The number of nitrogens with one attached hydrogen (secondary N) is 2. The van der Waals surface area contributed by atoms with Gasteiger partial charge < -0.3 is 0 Å². The summed E-state index contributed by atoms with van der Waals surface area (Å²) in [5.74, 6) is -1.61. The maximum atomic E-state index is 12.7. The zero-order valence-electron chi connectivity index (χ0n) is 19.5. The van der Waals surface area contributed by atoms with Crippen molar-refractivity contribution in [1.82, 2.24) is 11.0 Å². The van der Waals surface area contributed by atoms with Gasteiger partial charge in [0.25, 0.3) is 0 Å². The van der Waals surface area contributed by atoms with Crippen LogP contribution in [-0.4, -0.2) is 40.9 Å². The van der Waals surface area contributed by atoms with Gasteiger partial charge in [0.2, 0.25) is 0 Å². The quantitative estimate of drug-likeness (QED) is 0.182. The van der Waals surface area contributed by atoms with E-state index in [9.17, 15) is 29.8 Å². The number of hydrogen-bond donors (Lipinski definition) is 2. The molecule has 0 saturated heterocycles. The number of nitro benzene ring substituents is 2. The average Bonchev–Trinajstić information content (AvgIpc) is 2.87. The van der Waals surface area contributed by atoms with Gasteiger partial charge in [0.15, 0.2) is 0 Å².